The lowest BCUT2D eigenvalue weighted by atomic mass is 10.2. The summed E-state index contributed by atoms with van der Waals surface area (Å²) in [7, 11) is -3.74. The third-order valence-electron chi connectivity index (χ3n) is 3.27. The number of carbonyl (C=O) groups is 1. The zero-order valence-corrected chi connectivity index (χ0v) is 14.1. The summed E-state index contributed by atoms with van der Waals surface area (Å²) < 4.78 is 27.3. The molecule has 0 unspecified atom stereocenters. The van der Waals surface area contributed by atoms with Crippen LogP contribution in [0.25, 0.3) is 0 Å². The van der Waals surface area contributed by atoms with Crippen LogP contribution in [-0.4, -0.2) is 14.3 Å². The molecule has 2 aromatic rings. The van der Waals surface area contributed by atoms with E-state index in [0.29, 0.717) is 6.42 Å². The Balaban J connectivity index is 2.35. The largest absolute Gasteiger partial charge is 0.366 e. The van der Waals surface area contributed by atoms with Gasteiger partial charge in [-0.05, 0) is 36.6 Å². The second-order valence-corrected chi connectivity index (χ2v) is 7.60. The van der Waals surface area contributed by atoms with Gasteiger partial charge in [-0.1, -0.05) is 26.0 Å². The first-order valence-electron chi connectivity index (χ1n) is 6.91. The van der Waals surface area contributed by atoms with Gasteiger partial charge in [0, 0.05) is 4.88 Å². The minimum atomic E-state index is -3.74. The van der Waals surface area contributed by atoms with Crippen molar-refractivity contribution < 1.29 is 13.2 Å². The fraction of sp³-hybridized carbons (Fsp3) is 0.267. The van der Waals surface area contributed by atoms with Crippen LogP contribution >= 0.6 is 11.3 Å². The van der Waals surface area contributed by atoms with Crippen molar-refractivity contribution in [2.24, 2.45) is 5.73 Å². The van der Waals surface area contributed by atoms with Crippen molar-refractivity contribution in [1.82, 2.24) is 0 Å². The highest BCUT2D eigenvalue weighted by Gasteiger charge is 2.20. The van der Waals surface area contributed by atoms with E-state index in [-0.39, 0.29) is 15.5 Å². The van der Waals surface area contributed by atoms with Crippen LogP contribution in [0, 0.1) is 0 Å². The topological polar surface area (TPSA) is 89.3 Å². The summed E-state index contributed by atoms with van der Waals surface area (Å²) in [5.74, 6) is -0.644. The highest BCUT2D eigenvalue weighted by atomic mass is 32.2. The molecule has 0 atom stereocenters. The number of nitrogens with one attached hydrogen (secondary N) is 1. The molecule has 118 valence electrons. The van der Waals surface area contributed by atoms with Gasteiger partial charge in [0.15, 0.2) is 0 Å². The van der Waals surface area contributed by atoms with E-state index >= 15 is 0 Å². The molecule has 1 aromatic heterocycles. The normalized spacial score (nSPS) is 11.4. The molecule has 0 radical (unpaired) electrons. The number of carbonyl (C=O) groups excluding carboxylic acids is 1. The van der Waals surface area contributed by atoms with Crippen molar-refractivity contribution in [2.45, 2.75) is 31.6 Å². The molecule has 0 aliphatic heterocycles. The predicted molar refractivity (Wildman–Crippen MR) is 88.8 cm³/mol. The molecule has 7 heteroatoms. The molecule has 1 aromatic carbocycles. The van der Waals surface area contributed by atoms with Gasteiger partial charge >= 0.3 is 0 Å². The summed E-state index contributed by atoms with van der Waals surface area (Å²) >= 11 is 1.23. The Morgan fingerprint density at radius 2 is 1.82 bits per heavy atom. The van der Waals surface area contributed by atoms with Crippen molar-refractivity contribution in [3.05, 3.63) is 46.3 Å². The zero-order valence-electron chi connectivity index (χ0n) is 12.4. The SMILES string of the molecule is CCc1ccc(S(=O)(=O)Nc2sc(CC)cc2C(N)=O)cc1. The quantitative estimate of drug-likeness (QED) is 0.848. The lowest BCUT2D eigenvalue weighted by molar-refractivity contribution is 0.100. The van der Waals surface area contributed by atoms with Crippen molar-refractivity contribution in [3.63, 3.8) is 0 Å². The van der Waals surface area contributed by atoms with Crippen LogP contribution in [0.1, 0.15) is 34.6 Å². The summed E-state index contributed by atoms with van der Waals surface area (Å²) in [4.78, 5) is 12.5. The first-order chi connectivity index (χ1) is 10.4. The Morgan fingerprint density at radius 3 is 2.32 bits per heavy atom. The molecular weight excluding hydrogens is 320 g/mol. The summed E-state index contributed by atoms with van der Waals surface area (Å²) in [6.45, 7) is 3.93. The summed E-state index contributed by atoms with van der Waals surface area (Å²) in [6.07, 6.45) is 1.54. The molecule has 0 aliphatic carbocycles. The number of aryl methyl sites for hydroxylation is 2. The Labute approximate surface area is 134 Å². The van der Waals surface area contributed by atoms with E-state index in [0.717, 1.165) is 16.9 Å². The van der Waals surface area contributed by atoms with E-state index in [9.17, 15) is 13.2 Å². The maximum atomic E-state index is 12.4. The number of sulfonamides is 1. The molecule has 0 aliphatic rings. The maximum Gasteiger partial charge on any atom is 0.262 e. The van der Waals surface area contributed by atoms with Crippen LogP contribution < -0.4 is 10.5 Å². The number of thiophene rings is 1. The van der Waals surface area contributed by atoms with Gasteiger partial charge < -0.3 is 5.73 Å². The molecule has 3 N–H and O–H groups in total. The number of hydrogen-bond donors (Lipinski definition) is 2. The van der Waals surface area contributed by atoms with Crippen molar-refractivity contribution in [2.75, 3.05) is 4.72 Å². The summed E-state index contributed by atoms with van der Waals surface area (Å²) in [5, 5.41) is 0.268. The number of hydrogen-bond acceptors (Lipinski definition) is 4. The lowest BCUT2D eigenvalue weighted by Crippen LogP contribution is -2.17. The molecular formula is C15H18N2O3S2. The third kappa shape index (κ3) is 3.48. The van der Waals surface area contributed by atoms with Crippen LogP contribution in [0.3, 0.4) is 0 Å². The van der Waals surface area contributed by atoms with Gasteiger partial charge in [0.1, 0.15) is 5.00 Å². The monoisotopic (exact) mass is 338 g/mol. The molecule has 2 rings (SSSR count). The molecule has 5 nitrogen and oxygen atoms in total. The van der Waals surface area contributed by atoms with Gasteiger partial charge in [0.05, 0.1) is 10.5 Å². The molecule has 0 spiro atoms. The second kappa shape index (κ2) is 6.50. The number of benzene rings is 1. The van der Waals surface area contributed by atoms with Crippen molar-refractivity contribution in [3.8, 4) is 0 Å². The fourth-order valence-corrected chi connectivity index (χ4v) is 4.28. The van der Waals surface area contributed by atoms with Gasteiger partial charge in [-0.3, -0.25) is 9.52 Å². The Kier molecular flexibility index (Phi) is 4.87. The average Bonchev–Trinajstić information content (AvgIpc) is 2.90. The maximum absolute atomic E-state index is 12.4. The molecule has 0 fully saturated rings. The van der Waals surface area contributed by atoms with Crippen LogP contribution in [0.15, 0.2) is 35.2 Å². The minimum absolute atomic E-state index is 0.159. The molecule has 1 amide bonds. The van der Waals surface area contributed by atoms with Crippen LogP contribution in [0.4, 0.5) is 5.00 Å². The molecule has 0 saturated heterocycles. The zero-order chi connectivity index (χ0) is 16.3. The summed E-state index contributed by atoms with van der Waals surface area (Å²) in [6, 6.07) is 8.29. The number of nitrogens with two attached hydrogens (primary N) is 1. The second-order valence-electron chi connectivity index (χ2n) is 4.78. The molecule has 1 heterocycles. The molecule has 22 heavy (non-hydrogen) atoms. The van der Waals surface area contributed by atoms with Gasteiger partial charge in [-0.25, -0.2) is 8.42 Å². The Hall–Kier alpha value is -1.86. The first kappa shape index (κ1) is 16.5. The first-order valence-corrected chi connectivity index (χ1v) is 9.21. The molecule has 0 bridgehead atoms. The molecule has 0 saturated carbocycles. The smallest absolute Gasteiger partial charge is 0.262 e. The van der Waals surface area contributed by atoms with Gasteiger partial charge in [0.25, 0.3) is 15.9 Å². The van der Waals surface area contributed by atoms with E-state index < -0.39 is 15.9 Å². The van der Waals surface area contributed by atoms with Crippen molar-refractivity contribution in [1.29, 1.82) is 0 Å². The average molecular weight is 338 g/mol. The fourth-order valence-electron chi connectivity index (χ4n) is 1.96. The standard InChI is InChI=1S/C15H18N2O3S2/c1-3-10-5-7-12(8-6-10)22(19,20)17-15-13(14(16)18)9-11(4-2)21-15/h5-9,17H,3-4H2,1-2H3,(H2,16,18). The van der Waals surface area contributed by atoms with E-state index in [4.69, 9.17) is 5.73 Å². The minimum Gasteiger partial charge on any atom is -0.366 e. The number of anilines is 1. The Bertz CT molecular complexity index is 778. The van der Waals surface area contributed by atoms with Crippen molar-refractivity contribution >= 4 is 32.3 Å². The van der Waals surface area contributed by atoms with Gasteiger partial charge in [-0.15, -0.1) is 11.3 Å². The number of primary amides is 1. The van der Waals surface area contributed by atoms with Crippen LogP contribution in [0.5, 0.6) is 0 Å². The van der Waals surface area contributed by atoms with Crippen LogP contribution in [0.2, 0.25) is 0 Å². The van der Waals surface area contributed by atoms with E-state index in [1.54, 1.807) is 30.3 Å². The van der Waals surface area contributed by atoms with Gasteiger partial charge in [0.2, 0.25) is 0 Å². The number of amides is 1. The van der Waals surface area contributed by atoms with E-state index in [1.165, 1.54) is 11.3 Å². The third-order valence-corrected chi connectivity index (χ3v) is 5.96. The van der Waals surface area contributed by atoms with E-state index in [1.807, 2.05) is 13.8 Å². The van der Waals surface area contributed by atoms with Crippen LogP contribution in [-0.2, 0) is 22.9 Å². The highest BCUT2D eigenvalue weighted by molar-refractivity contribution is 7.93. The number of rotatable bonds is 6. The summed E-state index contributed by atoms with van der Waals surface area (Å²) in [5.41, 5.74) is 6.57. The highest BCUT2D eigenvalue weighted by Crippen LogP contribution is 2.30. The lowest BCUT2D eigenvalue weighted by Gasteiger charge is -2.08. The van der Waals surface area contributed by atoms with Gasteiger partial charge in [-0.2, -0.15) is 0 Å². The Morgan fingerprint density at radius 1 is 1.18 bits per heavy atom. The van der Waals surface area contributed by atoms with E-state index in [2.05, 4.69) is 4.72 Å². The predicted octanol–water partition coefficient (Wildman–Crippen LogP) is 2.77.